The number of piperazine rings is 1. The van der Waals surface area contributed by atoms with Crippen LogP contribution in [0.3, 0.4) is 0 Å². The summed E-state index contributed by atoms with van der Waals surface area (Å²) in [6.45, 7) is 5.03. The van der Waals surface area contributed by atoms with Crippen molar-refractivity contribution in [1.82, 2.24) is 30.4 Å². The zero-order valence-electron chi connectivity index (χ0n) is 12.0. The van der Waals surface area contributed by atoms with Crippen LogP contribution in [0.15, 0.2) is 36.0 Å². The Morgan fingerprint density at radius 3 is 3.19 bits per heavy atom. The number of nitrogens with one attached hydrogen (secondary N) is 1. The number of hydrogen-bond acceptors (Lipinski definition) is 5. The summed E-state index contributed by atoms with van der Waals surface area (Å²) in [4.78, 5) is 4.02. The standard InChI is InChI=1S/C15H18N6/c1-11-3-2-4-12(9-11)21-18-15(17-19-21)14-6-5-13-10-16-7-8-20(13)14/h2-5,9,14,16H,6-8,10H2,1H3/t14-/m0/s1. The zero-order chi connectivity index (χ0) is 14.2. The van der Waals surface area contributed by atoms with Crippen LogP contribution in [0.1, 0.15) is 23.9 Å². The van der Waals surface area contributed by atoms with Crippen molar-refractivity contribution in [1.29, 1.82) is 0 Å². The molecule has 2 aliphatic heterocycles. The number of benzene rings is 1. The van der Waals surface area contributed by atoms with Crippen LogP contribution in [0.2, 0.25) is 0 Å². The van der Waals surface area contributed by atoms with Crippen LogP contribution in [0, 0.1) is 6.92 Å². The second-order valence-electron chi connectivity index (χ2n) is 5.59. The highest BCUT2D eigenvalue weighted by Crippen LogP contribution is 2.32. The molecule has 0 radical (unpaired) electrons. The van der Waals surface area contributed by atoms with Crippen LogP contribution in [-0.4, -0.2) is 44.7 Å². The Bertz CT molecular complexity index is 689. The summed E-state index contributed by atoms with van der Waals surface area (Å²) in [7, 11) is 0. The number of tetrazole rings is 1. The zero-order valence-corrected chi connectivity index (χ0v) is 12.0. The lowest BCUT2D eigenvalue weighted by molar-refractivity contribution is 0.243. The van der Waals surface area contributed by atoms with E-state index in [1.807, 2.05) is 12.1 Å². The summed E-state index contributed by atoms with van der Waals surface area (Å²) in [5.74, 6) is 0.810. The third-order valence-electron chi connectivity index (χ3n) is 4.12. The molecule has 2 aliphatic rings. The molecule has 1 saturated heterocycles. The molecule has 0 bridgehead atoms. The third kappa shape index (κ3) is 2.21. The van der Waals surface area contributed by atoms with Crippen LogP contribution in [0.5, 0.6) is 0 Å². The van der Waals surface area contributed by atoms with Gasteiger partial charge in [-0.3, -0.25) is 0 Å². The molecule has 0 saturated carbocycles. The van der Waals surface area contributed by atoms with Gasteiger partial charge in [-0.05, 0) is 36.3 Å². The van der Waals surface area contributed by atoms with E-state index in [4.69, 9.17) is 0 Å². The quantitative estimate of drug-likeness (QED) is 0.897. The van der Waals surface area contributed by atoms with Gasteiger partial charge in [0.25, 0.3) is 0 Å². The highest BCUT2D eigenvalue weighted by Gasteiger charge is 2.31. The molecule has 4 rings (SSSR count). The smallest absolute Gasteiger partial charge is 0.197 e. The van der Waals surface area contributed by atoms with Crippen LogP contribution >= 0.6 is 0 Å². The average Bonchev–Trinajstić information content (AvgIpc) is 3.14. The number of aryl methyl sites for hydroxylation is 1. The van der Waals surface area contributed by atoms with Gasteiger partial charge in [0, 0.05) is 25.3 Å². The maximum absolute atomic E-state index is 4.59. The molecule has 0 amide bonds. The first kappa shape index (κ1) is 12.5. The average molecular weight is 282 g/mol. The Hall–Kier alpha value is -2.21. The van der Waals surface area contributed by atoms with Crippen molar-refractivity contribution in [2.75, 3.05) is 19.6 Å². The largest absolute Gasteiger partial charge is 0.362 e. The fourth-order valence-electron chi connectivity index (χ4n) is 3.05. The van der Waals surface area contributed by atoms with Crippen molar-refractivity contribution < 1.29 is 0 Å². The Balaban J connectivity index is 1.60. The van der Waals surface area contributed by atoms with Crippen molar-refractivity contribution in [3.05, 3.63) is 47.4 Å². The van der Waals surface area contributed by atoms with Gasteiger partial charge in [0.15, 0.2) is 5.82 Å². The van der Waals surface area contributed by atoms with E-state index in [9.17, 15) is 0 Å². The van der Waals surface area contributed by atoms with Crippen molar-refractivity contribution in [2.24, 2.45) is 0 Å². The summed E-state index contributed by atoms with van der Waals surface area (Å²) in [6.07, 6.45) is 3.25. The van der Waals surface area contributed by atoms with Crippen molar-refractivity contribution in [3.8, 4) is 5.69 Å². The second kappa shape index (κ2) is 4.96. The SMILES string of the molecule is Cc1cccc(-n2nnc([C@@H]3CC=C4CNCCN43)n2)c1. The van der Waals surface area contributed by atoms with E-state index in [0.29, 0.717) is 0 Å². The van der Waals surface area contributed by atoms with Gasteiger partial charge in [-0.2, -0.15) is 0 Å². The molecule has 3 heterocycles. The summed E-state index contributed by atoms with van der Waals surface area (Å²) in [5, 5.41) is 16.5. The summed E-state index contributed by atoms with van der Waals surface area (Å²) in [6, 6.07) is 8.38. The third-order valence-corrected chi connectivity index (χ3v) is 4.12. The van der Waals surface area contributed by atoms with Crippen molar-refractivity contribution in [3.63, 3.8) is 0 Å². The fourth-order valence-corrected chi connectivity index (χ4v) is 3.05. The number of nitrogens with zero attached hydrogens (tertiary/aromatic N) is 5. The molecule has 0 aliphatic carbocycles. The minimum atomic E-state index is 0.237. The van der Waals surface area contributed by atoms with Crippen molar-refractivity contribution >= 4 is 0 Å². The van der Waals surface area contributed by atoms with Crippen LogP contribution in [0.4, 0.5) is 0 Å². The summed E-state index contributed by atoms with van der Waals surface area (Å²) >= 11 is 0. The highest BCUT2D eigenvalue weighted by molar-refractivity contribution is 5.33. The highest BCUT2D eigenvalue weighted by atomic mass is 15.6. The Morgan fingerprint density at radius 2 is 2.29 bits per heavy atom. The maximum Gasteiger partial charge on any atom is 0.197 e. The van der Waals surface area contributed by atoms with E-state index in [1.165, 1.54) is 11.3 Å². The molecule has 1 fully saturated rings. The first-order chi connectivity index (χ1) is 10.3. The van der Waals surface area contributed by atoms with Gasteiger partial charge >= 0.3 is 0 Å². The Kier molecular flexibility index (Phi) is 2.96. The molecule has 1 N–H and O–H groups in total. The second-order valence-corrected chi connectivity index (χ2v) is 5.59. The van der Waals surface area contributed by atoms with Gasteiger partial charge in [0.1, 0.15) is 0 Å². The molecule has 0 unspecified atom stereocenters. The van der Waals surface area contributed by atoms with Gasteiger partial charge in [-0.15, -0.1) is 15.0 Å². The first-order valence-corrected chi connectivity index (χ1v) is 7.34. The van der Waals surface area contributed by atoms with Gasteiger partial charge < -0.3 is 10.2 Å². The van der Waals surface area contributed by atoms with Gasteiger partial charge in [0.05, 0.1) is 11.7 Å². The summed E-state index contributed by atoms with van der Waals surface area (Å²) in [5.41, 5.74) is 3.51. The first-order valence-electron chi connectivity index (χ1n) is 7.34. The van der Waals surface area contributed by atoms with E-state index < -0.39 is 0 Å². The lowest BCUT2D eigenvalue weighted by Gasteiger charge is -2.32. The predicted octanol–water partition coefficient (Wildman–Crippen LogP) is 1.20. The van der Waals surface area contributed by atoms with E-state index in [0.717, 1.165) is 37.6 Å². The molecule has 21 heavy (non-hydrogen) atoms. The maximum atomic E-state index is 4.59. The lowest BCUT2D eigenvalue weighted by Crippen LogP contribution is -2.41. The molecule has 108 valence electrons. The summed E-state index contributed by atoms with van der Waals surface area (Å²) < 4.78 is 0. The molecule has 6 nitrogen and oxygen atoms in total. The van der Waals surface area contributed by atoms with Crippen LogP contribution in [0.25, 0.3) is 5.69 Å². The van der Waals surface area contributed by atoms with Gasteiger partial charge in [-0.1, -0.05) is 18.2 Å². The molecular weight excluding hydrogens is 264 g/mol. The van der Waals surface area contributed by atoms with E-state index >= 15 is 0 Å². The number of fused-ring (bicyclic) bond motifs is 1. The monoisotopic (exact) mass is 282 g/mol. The van der Waals surface area contributed by atoms with Gasteiger partial charge in [0.2, 0.25) is 0 Å². The number of rotatable bonds is 2. The topological polar surface area (TPSA) is 58.9 Å². The Labute approximate surface area is 123 Å². The molecular formula is C15H18N6. The van der Waals surface area contributed by atoms with E-state index in [-0.39, 0.29) is 6.04 Å². The molecule has 0 spiro atoms. The normalized spacial score (nSPS) is 21.3. The Morgan fingerprint density at radius 1 is 1.33 bits per heavy atom. The molecule has 1 aromatic heterocycles. The fraction of sp³-hybridized carbons (Fsp3) is 0.400. The molecule has 1 atom stereocenters. The molecule has 6 heteroatoms. The van der Waals surface area contributed by atoms with E-state index in [1.54, 1.807) is 4.80 Å². The minimum absolute atomic E-state index is 0.237. The molecule has 2 aromatic rings. The minimum Gasteiger partial charge on any atom is -0.362 e. The van der Waals surface area contributed by atoms with Gasteiger partial charge in [-0.25, -0.2) is 0 Å². The van der Waals surface area contributed by atoms with Crippen LogP contribution in [-0.2, 0) is 0 Å². The molecule has 1 aromatic carbocycles. The lowest BCUT2D eigenvalue weighted by atomic mass is 10.2. The number of aromatic nitrogens is 4. The van der Waals surface area contributed by atoms with Crippen LogP contribution < -0.4 is 5.32 Å². The predicted molar refractivity (Wildman–Crippen MR) is 78.9 cm³/mol. The van der Waals surface area contributed by atoms with Crippen molar-refractivity contribution in [2.45, 2.75) is 19.4 Å². The van der Waals surface area contributed by atoms with E-state index in [2.05, 4.69) is 50.8 Å². The number of hydrogen-bond donors (Lipinski definition) is 1.